The molecule has 0 spiro atoms. The van der Waals surface area contributed by atoms with Crippen LogP contribution in [0.5, 0.6) is 0 Å². The Hall–Kier alpha value is -4.63. The van der Waals surface area contributed by atoms with Crippen molar-refractivity contribution in [3.05, 3.63) is 59.2 Å². The first-order valence-corrected chi connectivity index (χ1v) is 19.0. The first-order valence-electron chi connectivity index (χ1n) is 19.0. The SMILES string of the molecule is Cc1c(C(=O)NC2(C(F)F)CC2)cc(Nc2nc(-c3cnc4c(c3)N([C@H]3C[C@@](C)(N5CCCOCC5)C3)C(=O)C4(C)C)cc3ncn(C(C)C)c23)c(F)c1F. The van der Waals surface area contributed by atoms with Crippen molar-refractivity contribution in [2.75, 3.05) is 36.5 Å². The van der Waals surface area contributed by atoms with E-state index in [0.29, 0.717) is 40.3 Å². The largest absolute Gasteiger partial charge is 0.380 e. The van der Waals surface area contributed by atoms with Gasteiger partial charge in [0.15, 0.2) is 17.5 Å². The zero-order chi connectivity index (χ0) is 39.2. The second-order valence-corrected chi connectivity index (χ2v) is 16.6. The third kappa shape index (κ3) is 6.14. The normalized spacial score (nSPS) is 23.2. The third-order valence-electron chi connectivity index (χ3n) is 12.1. The second-order valence-electron chi connectivity index (χ2n) is 16.6. The Morgan fingerprint density at radius 1 is 1.02 bits per heavy atom. The lowest BCUT2D eigenvalue weighted by Gasteiger charge is -2.54. The van der Waals surface area contributed by atoms with Crippen LogP contribution >= 0.6 is 0 Å². The van der Waals surface area contributed by atoms with E-state index in [4.69, 9.17) is 14.7 Å². The summed E-state index contributed by atoms with van der Waals surface area (Å²) in [5.74, 6) is -3.35. The molecule has 2 saturated carbocycles. The molecular formula is C40H46F4N8O3. The van der Waals surface area contributed by atoms with E-state index >= 15 is 8.78 Å². The van der Waals surface area contributed by atoms with Crippen molar-refractivity contribution in [3.63, 3.8) is 0 Å². The fourth-order valence-corrected chi connectivity index (χ4v) is 8.50. The molecule has 0 radical (unpaired) electrons. The van der Waals surface area contributed by atoms with Crippen LogP contribution in [-0.2, 0) is 14.9 Å². The molecule has 15 heteroatoms. The first-order chi connectivity index (χ1) is 26.0. The highest BCUT2D eigenvalue weighted by atomic mass is 19.3. The van der Waals surface area contributed by atoms with E-state index in [9.17, 15) is 18.4 Å². The zero-order valence-electron chi connectivity index (χ0n) is 31.9. The molecule has 3 aromatic heterocycles. The molecule has 0 atom stereocenters. The fraction of sp³-hybridized carbons (Fsp3) is 0.525. The van der Waals surface area contributed by atoms with Gasteiger partial charge in [0.2, 0.25) is 5.91 Å². The van der Waals surface area contributed by atoms with Gasteiger partial charge in [-0.15, -0.1) is 0 Å². The average Bonchev–Trinajstić information content (AvgIpc) is 3.83. The molecular weight excluding hydrogens is 716 g/mol. The minimum atomic E-state index is -2.80. The minimum absolute atomic E-state index is 0.0160. The molecule has 0 unspecified atom stereocenters. The topological polar surface area (TPSA) is 118 Å². The Balaban J connectivity index is 1.16. The summed E-state index contributed by atoms with van der Waals surface area (Å²) in [5.41, 5.74) is -0.154. The van der Waals surface area contributed by atoms with E-state index in [0.717, 1.165) is 45.0 Å². The van der Waals surface area contributed by atoms with Crippen LogP contribution in [0.25, 0.3) is 22.3 Å². The van der Waals surface area contributed by atoms with Crippen molar-refractivity contribution in [1.82, 2.24) is 29.7 Å². The summed E-state index contributed by atoms with van der Waals surface area (Å²) < 4.78 is 66.0. The number of benzene rings is 1. The van der Waals surface area contributed by atoms with Gasteiger partial charge in [0.25, 0.3) is 12.3 Å². The number of alkyl halides is 2. The molecule has 4 aliphatic rings. The summed E-state index contributed by atoms with van der Waals surface area (Å²) in [6.07, 6.45) is 3.26. The molecule has 2 aliphatic carbocycles. The molecule has 2 amide bonds. The van der Waals surface area contributed by atoms with Crippen LogP contribution < -0.4 is 15.5 Å². The lowest BCUT2D eigenvalue weighted by Crippen LogP contribution is -2.63. The molecule has 2 N–H and O–H groups in total. The molecule has 2 aliphatic heterocycles. The van der Waals surface area contributed by atoms with Gasteiger partial charge in [-0.1, -0.05) is 0 Å². The van der Waals surface area contributed by atoms with Crippen molar-refractivity contribution in [2.45, 2.75) is 109 Å². The van der Waals surface area contributed by atoms with Gasteiger partial charge in [-0.25, -0.2) is 27.5 Å². The monoisotopic (exact) mass is 762 g/mol. The molecule has 292 valence electrons. The van der Waals surface area contributed by atoms with Gasteiger partial charge in [-0.3, -0.25) is 19.5 Å². The Bertz CT molecular complexity index is 2200. The highest BCUT2D eigenvalue weighted by Crippen LogP contribution is 2.50. The molecule has 3 fully saturated rings. The summed E-state index contributed by atoms with van der Waals surface area (Å²) in [6, 6.07) is 4.69. The van der Waals surface area contributed by atoms with Crippen LogP contribution in [0, 0.1) is 18.6 Å². The lowest BCUT2D eigenvalue weighted by atomic mass is 9.71. The third-order valence-corrected chi connectivity index (χ3v) is 12.1. The van der Waals surface area contributed by atoms with Crippen molar-refractivity contribution < 1.29 is 31.9 Å². The van der Waals surface area contributed by atoms with E-state index in [1.807, 2.05) is 43.2 Å². The van der Waals surface area contributed by atoms with Crippen LogP contribution in [0.15, 0.2) is 30.7 Å². The standard InChI is InChI=1S/C40H46F4N8O3/c1-21(2)51-20-46-28-16-26(47-34(32(28)51)48-27-15-25(22(3)30(41)31(27)42)35(53)49-40(8-9-40)36(43)44)23-14-29-33(45-19-23)38(4,5)37(54)52(29)24-17-39(6,18-24)50-10-7-12-55-13-11-50/h14-16,19-21,24,36H,7-13,17-18H2,1-6H3,(H,47,48)(H,49,53)/t24-,39+. The molecule has 1 aromatic carbocycles. The Morgan fingerprint density at radius 2 is 1.76 bits per heavy atom. The summed E-state index contributed by atoms with van der Waals surface area (Å²) in [7, 11) is 0. The highest BCUT2D eigenvalue weighted by Gasteiger charge is 2.55. The second kappa shape index (κ2) is 13.2. The van der Waals surface area contributed by atoms with Crippen LogP contribution in [0.2, 0.25) is 0 Å². The number of nitrogens with one attached hydrogen (secondary N) is 2. The summed E-state index contributed by atoms with van der Waals surface area (Å²) in [6.45, 7) is 14.4. The molecule has 11 nitrogen and oxygen atoms in total. The van der Waals surface area contributed by atoms with E-state index < -0.39 is 40.6 Å². The quantitative estimate of drug-likeness (QED) is 0.172. The molecule has 4 aromatic rings. The average molecular weight is 763 g/mol. The number of halogens is 4. The van der Waals surface area contributed by atoms with E-state index in [-0.39, 0.29) is 53.3 Å². The van der Waals surface area contributed by atoms with Crippen molar-refractivity contribution in [1.29, 1.82) is 0 Å². The molecule has 0 bridgehead atoms. The first kappa shape index (κ1) is 37.3. The van der Waals surface area contributed by atoms with Gasteiger partial charge in [-0.05, 0) is 91.8 Å². The van der Waals surface area contributed by atoms with Crippen LogP contribution in [-0.4, -0.2) is 86.1 Å². The van der Waals surface area contributed by atoms with Crippen molar-refractivity contribution in [3.8, 4) is 11.3 Å². The van der Waals surface area contributed by atoms with Crippen LogP contribution in [0.1, 0.15) is 94.4 Å². The number of nitrogens with zero attached hydrogens (tertiary/aromatic N) is 6. The number of anilines is 3. The maximum atomic E-state index is 15.7. The maximum absolute atomic E-state index is 15.7. The number of imidazole rings is 1. The van der Waals surface area contributed by atoms with Crippen molar-refractivity contribution >= 4 is 40.0 Å². The number of carbonyl (C=O) groups is 2. The van der Waals surface area contributed by atoms with E-state index in [1.54, 1.807) is 18.6 Å². The van der Waals surface area contributed by atoms with Gasteiger partial charge < -0.3 is 24.8 Å². The van der Waals surface area contributed by atoms with Gasteiger partial charge in [0.05, 0.1) is 46.6 Å². The summed E-state index contributed by atoms with van der Waals surface area (Å²) >= 11 is 0. The highest BCUT2D eigenvalue weighted by molar-refractivity contribution is 6.08. The number of aromatic nitrogens is 4. The number of amides is 2. The minimum Gasteiger partial charge on any atom is -0.380 e. The predicted molar refractivity (Wildman–Crippen MR) is 200 cm³/mol. The Labute approximate surface area is 316 Å². The predicted octanol–water partition coefficient (Wildman–Crippen LogP) is 7.20. The number of ether oxygens (including phenoxy) is 1. The number of carbonyl (C=O) groups excluding carboxylic acids is 2. The molecule has 8 rings (SSSR count). The Kier molecular flexibility index (Phi) is 8.99. The number of fused-ring (bicyclic) bond motifs is 2. The summed E-state index contributed by atoms with van der Waals surface area (Å²) in [5, 5.41) is 5.26. The number of hydrogen-bond donors (Lipinski definition) is 2. The van der Waals surface area contributed by atoms with Crippen molar-refractivity contribution in [2.24, 2.45) is 0 Å². The lowest BCUT2D eigenvalue weighted by molar-refractivity contribution is -0.123. The number of rotatable bonds is 9. The summed E-state index contributed by atoms with van der Waals surface area (Å²) in [4.78, 5) is 46.0. The number of pyridine rings is 2. The maximum Gasteiger partial charge on any atom is 0.261 e. The smallest absolute Gasteiger partial charge is 0.261 e. The molecule has 5 heterocycles. The Morgan fingerprint density at radius 3 is 2.45 bits per heavy atom. The van der Waals surface area contributed by atoms with Gasteiger partial charge in [-0.2, -0.15) is 0 Å². The van der Waals surface area contributed by atoms with E-state index in [1.165, 1.54) is 6.92 Å². The van der Waals surface area contributed by atoms with Crippen LogP contribution in [0.3, 0.4) is 0 Å². The van der Waals surface area contributed by atoms with Gasteiger partial charge >= 0.3 is 0 Å². The van der Waals surface area contributed by atoms with Gasteiger partial charge in [0, 0.05) is 60.2 Å². The number of hydrogen-bond acceptors (Lipinski definition) is 8. The molecule has 55 heavy (non-hydrogen) atoms. The fourth-order valence-electron chi connectivity index (χ4n) is 8.50. The zero-order valence-corrected chi connectivity index (χ0v) is 31.9. The molecule has 1 saturated heterocycles. The van der Waals surface area contributed by atoms with E-state index in [2.05, 4.69) is 27.4 Å². The van der Waals surface area contributed by atoms with Crippen LogP contribution in [0.4, 0.5) is 34.8 Å². The van der Waals surface area contributed by atoms with Gasteiger partial charge in [0.1, 0.15) is 11.1 Å².